The highest BCUT2D eigenvalue weighted by atomic mass is 16.1. The van der Waals surface area contributed by atoms with Crippen LogP contribution < -0.4 is 5.32 Å². The molecule has 0 radical (unpaired) electrons. The first-order chi connectivity index (χ1) is 7.98. The van der Waals surface area contributed by atoms with Crippen molar-refractivity contribution in [1.82, 2.24) is 0 Å². The lowest BCUT2D eigenvalue weighted by atomic mass is 9.96. The average Bonchev–Trinajstić information content (AvgIpc) is 2.31. The smallest absolute Gasteiger partial charge is 0.240 e. The van der Waals surface area contributed by atoms with E-state index in [9.17, 15) is 9.59 Å². The molecule has 0 saturated carbocycles. The fourth-order valence-corrected chi connectivity index (χ4v) is 1.26. The number of isocyanates is 1. The summed E-state index contributed by atoms with van der Waals surface area (Å²) in [6.45, 7) is 6.11. The SMILES string of the molecule is Cc1ccc(NCC(C)(C)C=O)cc1N=C=O. The number of anilines is 1. The largest absolute Gasteiger partial charge is 0.384 e. The second-order valence-electron chi connectivity index (χ2n) is 4.66. The summed E-state index contributed by atoms with van der Waals surface area (Å²) in [5.74, 6) is 0. The minimum Gasteiger partial charge on any atom is -0.384 e. The molecule has 0 amide bonds. The third kappa shape index (κ3) is 3.85. The van der Waals surface area contributed by atoms with Crippen LogP contribution in [-0.2, 0) is 9.59 Å². The zero-order valence-electron chi connectivity index (χ0n) is 10.3. The van der Waals surface area contributed by atoms with Gasteiger partial charge in [0.15, 0.2) is 0 Å². The van der Waals surface area contributed by atoms with E-state index in [0.29, 0.717) is 12.2 Å². The van der Waals surface area contributed by atoms with Gasteiger partial charge < -0.3 is 10.1 Å². The van der Waals surface area contributed by atoms with E-state index in [1.165, 1.54) is 6.08 Å². The van der Waals surface area contributed by atoms with Crippen molar-refractivity contribution < 1.29 is 9.59 Å². The molecule has 0 aliphatic carbocycles. The Hall–Kier alpha value is -1.93. The van der Waals surface area contributed by atoms with Crippen molar-refractivity contribution in [3.63, 3.8) is 0 Å². The van der Waals surface area contributed by atoms with Gasteiger partial charge in [0.25, 0.3) is 0 Å². The van der Waals surface area contributed by atoms with E-state index < -0.39 is 5.41 Å². The number of hydrogen-bond donors (Lipinski definition) is 1. The Bertz CT molecular complexity index is 460. The molecule has 0 aliphatic rings. The number of carbonyl (C=O) groups excluding carboxylic acids is 2. The molecule has 1 N–H and O–H groups in total. The predicted octanol–water partition coefficient (Wildman–Crippen LogP) is 2.60. The van der Waals surface area contributed by atoms with Crippen LogP contribution in [0.3, 0.4) is 0 Å². The molecular weight excluding hydrogens is 216 g/mol. The van der Waals surface area contributed by atoms with Gasteiger partial charge in [0.05, 0.1) is 5.69 Å². The van der Waals surface area contributed by atoms with Gasteiger partial charge in [-0.25, -0.2) is 4.79 Å². The van der Waals surface area contributed by atoms with Crippen molar-refractivity contribution in [2.75, 3.05) is 11.9 Å². The van der Waals surface area contributed by atoms with Crippen LogP contribution in [0.15, 0.2) is 23.2 Å². The van der Waals surface area contributed by atoms with Crippen molar-refractivity contribution in [2.45, 2.75) is 20.8 Å². The van der Waals surface area contributed by atoms with Crippen LogP contribution >= 0.6 is 0 Å². The van der Waals surface area contributed by atoms with Gasteiger partial charge >= 0.3 is 0 Å². The molecule has 17 heavy (non-hydrogen) atoms. The summed E-state index contributed by atoms with van der Waals surface area (Å²) in [4.78, 5) is 24.6. The molecule has 0 fully saturated rings. The van der Waals surface area contributed by atoms with Gasteiger partial charge in [-0.15, -0.1) is 0 Å². The van der Waals surface area contributed by atoms with Crippen LogP contribution in [-0.4, -0.2) is 18.9 Å². The summed E-state index contributed by atoms with van der Waals surface area (Å²) in [5, 5.41) is 3.14. The molecule has 0 heterocycles. The minimum absolute atomic E-state index is 0.418. The molecule has 0 bridgehead atoms. The summed E-state index contributed by atoms with van der Waals surface area (Å²) >= 11 is 0. The zero-order chi connectivity index (χ0) is 12.9. The number of carbonyl (C=O) groups is 1. The lowest BCUT2D eigenvalue weighted by Gasteiger charge is -2.18. The van der Waals surface area contributed by atoms with Gasteiger partial charge in [-0.1, -0.05) is 19.9 Å². The third-order valence-electron chi connectivity index (χ3n) is 2.44. The fraction of sp³-hybridized carbons (Fsp3) is 0.385. The first-order valence-corrected chi connectivity index (χ1v) is 5.37. The molecule has 0 saturated heterocycles. The molecule has 0 atom stereocenters. The van der Waals surface area contributed by atoms with Crippen LogP contribution in [0.1, 0.15) is 19.4 Å². The van der Waals surface area contributed by atoms with Crippen molar-refractivity contribution in [1.29, 1.82) is 0 Å². The number of nitrogens with one attached hydrogen (secondary N) is 1. The van der Waals surface area contributed by atoms with E-state index in [1.807, 2.05) is 32.9 Å². The first kappa shape index (κ1) is 13.1. The van der Waals surface area contributed by atoms with Gasteiger partial charge in [-0.3, -0.25) is 0 Å². The normalized spacial score (nSPS) is 10.5. The number of rotatable bonds is 5. The van der Waals surface area contributed by atoms with Crippen LogP contribution in [0.4, 0.5) is 11.4 Å². The van der Waals surface area contributed by atoms with Crippen LogP contribution in [0.2, 0.25) is 0 Å². The Labute approximate surface area is 101 Å². The van der Waals surface area contributed by atoms with E-state index in [-0.39, 0.29) is 0 Å². The Balaban J connectivity index is 2.83. The van der Waals surface area contributed by atoms with E-state index >= 15 is 0 Å². The Morgan fingerprint density at radius 1 is 1.47 bits per heavy atom. The molecule has 1 rings (SSSR count). The molecule has 0 unspecified atom stereocenters. The fourth-order valence-electron chi connectivity index (χ4n) is 1.26. The monoisotopic (exact) mass is 232 g/mol. The molecule has 1 aromatic rings. The maximum Gasteiger partial charge on any atom is 0.240 e. The topological polar surface area (TPSA) is 58.5 Å². The number of aliphatic imine (C=N–C) groups is 1. The highest BCUT2D eigenvalue weighted by Crippen LogP contribution is 2.23. The van der Waals surface area contributed by atoms with Gasteiger partial charge in [0.2, 0.25) is 6.08 Å². The Kier molecular flexibility index (Phi) is 4.18. The summed E-state index contributed by atoms with van der Waals surface area (Å²) in [6, 6.07) is 5.52. The van der Waals surface area contributed by atoms with Crippen LogP contribution in [0.25, 0.3) is 0 Å². The maximum absolute atomic E-state index is 10.8. The third-order valence-corrected chi connectivity index (χ3v) is 2.44. The molecule has 90 valence electrons. The minimum atomic E-state index is -0.418. The maximum atomic E-state index is 10.8. The first-order valence-electron chi connectivity index (χ1n) is 5.37. The molecule has 1 aromatic carbocycles. The number of benzene rings is 1. The lowest BCUT2D eigenvalue weighted by molar-refractivity contribution is -0.114. The zero-order valence-corrected chi connectivity index (χ0v) is 10.3. The highest BCUT2D eigenvalue weighted by molar-refractivity contribution is 5.63. The van der Waals surface area contributed by atoms with Crippen LogP contribution in [0.5, 0.6) is 0 Å². The molecule has 0 aliphatic heterocycles. The number of aldehydes is 1. The van der Waals surface area contributed by atoms with Crippen molar-refractivity contribution in [2.24, 2.45) is 10.4 Å². The van der Waals surface area contributed by atoms with E-state index in [1.54, 1.807) is 6.07 Å². The van der Waals surface area contributed by atoms with Crippen molar-refractivity contribution >= 4 is 23.7 Å². The van der Waals surface area contributed by atoms with E-state index in [0.717, 1.165) is 17.5 Å². The number of aryl methyl sites for hydroxylation is 1. The number of nitrogens with zero attached hydrogens (tertiary/aromatic N) is 1. The van der Waals surface area contributed by atoms with E-state index in [2.05, 4.69) is 10.3 Å². The van der Waals surface area contributed by atoms with Gasteiger partial charge in [-0.05, 0) is 24.6 Å². The Morgan fingerprint density at radius 3 is 2.76 bits per heavy atom. The van der Waals surface area contributed by atoms with Gasteiger partial charge in [-0.2, -0.15) is 4.99 Å². The molecular formula is C13H16N2O2. The average molecular weight is 232 g/mol. The summed E-state index contributed by atoms with van der Waals surface area (Å²) in [5.41, 5.74) is 1.92. The summed E-state index contributed by atoms with van der Waals surface area (Å²) < 4.78 is 0. The molecule has 4 nitrogen and oxygen atoms in total. The molecule has 0 aromatic heterocycles. The van der Waals surface area contributed by atoms with Gasteiger partial charge in [0, 0.05) is 17.6 Å². The van der Waals surface area contributed by atoms with E-state index in [4.69, 9.17) is 0 Å². The lowest BCUT2D eigenvalue weighted by Crippen LogP contribution is -2.24. The van der Waals surface area contributed by atoms with Crippen molar-refractivity contribution in [3.8, 4) is 0 Å². The van der Waals surface area contributed by atoms with Crippen LogP contribution in [0, 0.1) is 12.3 Å². The summed E-state index contributed by atoms with van der Waals surface area (Å²) in [6.07, 6.45) is 2.44. The standard InChI is InChI=1S/C13H16N2O2/c1-10-4-5-11(6-12(10)15-9-17)14-7-13(2,3)8-16/h4-6,8,14H,7H2,1-3H3. The predicted molar refractivity (Wildman–Crippen MR) is 67.3 cm³/mol. The van der Waals surface area contributed by atoms with Crippen molar-refractivity contribution in [3.05, 3.63) is 23.8 Å². The quantitative estimate of drug-likeness (QED) is 0.482. The Morgan fingerprint density at radius 2 is 2.18 bits per heavy atom. The molecule has 4 heteroatoms. The second-order valence-corrected chi connectivity index (χ2v) is 4.66. The molecule has 0 spiro atoms. The second kappa shape index (κ2) is 5.41. The highest BCUT2D eigenvalue weighted by Gasteiger charge is 2.15. The summed E-state index contributed by atoms with van der Waals surface area (Å²) in [7, 11) is 0. The number of hydrogen-bond acceptors (Lipinski definition) is 4. The van der Waals surface area contributed by atoms with Gasteiger partial charge in [0.1, 0.15) is 6.29 Å².